The van der Waals surface area contributed by atoms with E-state index in [1.807, 2.05) is 6.07 Å². The van der Waals surface area contributed by atoms with Crippen molar-refractivity contribution in [3.63, 3.8) is 0 Å². The van der Waals surface area contributed by atoms with Crippen LogP contribution in [0.25, 0.3) is 0 Å². The molecule has 8 heteroatoms. The number of likely N-dealkylation sites (tertiary alicyclic amines) is 1. The Morgan fingerprint density at radius 1 is 1.28 bits per heavy atom. The van der Waals surface area contributed by atoms with Gasteiger partial charge in [-0.25, -0.2) is 21.9 Å². The Kier molecular flexibility index (Phi) is 4.76. The molecule has 1 aromatic rings. The highest BCUT2D eigenvalue weighted by atomic mass is 32.2. The number of sulfonamides is 1. The summed E-state index contributed by atoms with van der Waals surface area (Å²) in [5.41, 5.74) is 0.721. The van der Waals surface area contributed by atoms with Crippen LogP contribution < -0.4 is 0 Å². The second-order valence-corrected chi connectivity index (χ2v) is 9.23. The summed E-state index contributed by atoms with van der Waals surface area (Å²) in [6, 6.07) is 5.81. The summed E-state index contributed by atoms with van der Waals surface area (Å²) in [5, 5.41) is 0. The molecule has 2 heterocycles. The molecule has 2 amide bonds. The minimum Gasteiger partial charge on any atom is -0.331 e. The van der Waals surface area contributed by atoms with Gasteiger partial charge in [0.1, 0.15) is 5.82 Å². The van der Waals surface area contributed by atoms with Crippen LogP contribution in [-0.4, -0.2) is 68.0 Å². The van der Waals surface area contributed by atoms with E-state index in [0.29, 0.717) is 19.6 Å². The number of hydrogen-bond donors (Lipinski definition) is 0. The van der Waals surface area contributed by atoms with Crippen molar-refractivity contribution in [3.05, 3.63) is 35.6 Å². The summed E-state index contributed by atoms with van der Waals surface area (Å²) in [6.45, 7) is 2.91. The van der Waals surface area contributed by atoms with Gasteiger partial charge in [0.25, 0.3) is 0 Å². The summed E-state index contributed by atoms with van der Waals surface area (Å²) in [4.78, 5) is 15.9. The maximum absolute atomic E-state index is 13.8. The molecule has 2 aliphatic heterocycles. The zero-order valence-electron chi connectivity index (χ0n) is 14.7. The van der Waals surface area contributed by atoms with Crippen molar-refractivity contribution in [2.75, 3.05) is 39.5 Å². The molecule has 2 fully saturated rings. The summed E-state index contributed by atoms with van der Waals surface area (Å²) >= 11 is 0. The smallest absolute Gasteiger partial charge is 0.320 e. The average Bonchev–Trinajstić information content (AvgIpc) is 3.11. The van der Waals surface area contributed by atoms with Gasteiger partial charge in [0, 0.05) is 39.6 Å². The van der Waals surface area contributed by atoms with Crippen LogP contribution in [0.15, 0.2) is 24.3 Å². The maximum Gasteiger partial charge on any atom is 0.320 e. The molecule has 0 saturated carbocycles. The van der Waals surface area contributed by atoms with E-state index in [4.69, 9.17) is 0 Å². The van der Waals surface area contributed by atoms with Gasteiger partial charge >= 0.3 is 6.03 Å². The molecule has 3 atom stereocenters. The molecule has 0 spiro atoms. The largest absolute Gasteiger partial charge is 0.331 e. The number of fused-ring (bicyclic) bond motifs is 1. The summed E-state index contributed by atoms with van der Waals surface area (Å²) < 4.78 is 39.7. The van der Waals surface area contributed by atoms with Gasteiger partial charge in [-0.2, -0.15) is 0 Å². The van der Waals surface area contributed by atoms with Crippen molar-refractivity contribution in [2.24, 2.45) is 11.8 Å². The second kappa shape index (κ2) is 6.57. The maximum atomic E-state index is 13.8. The van der Waals surface area contributed by atoms with E-state index in [9.17, 15) is 17.6 Å². The molecule has 2 saturated heterocycles. The van der Waals surface area contributed by atoms with Crippen molar-refractivity contribution in [1.29, 1.82) is 0 Å². The van der Waals surface area contributed by atoms with Gasteiger partial charge in [-0.1, -0.05) is 12.1 Å². The Balaban J connectivity index is 1.95. The molecule has 138 valence electrons. The van der Waals surface area contributed by atoms with Crippen molar-refractivity contribution >= 4 is 16.1 Å². The number of rotatable bonds is 3. The molecule has 0 bridgehead atoms. The van der Waals surface area contributed by atoms with Crippen molar-refractivity contribution in [3.8, 4) is 0 Å². The Hall–Kier alpha value is -1.67. The molecule has 0 radical (unpaired) electrons. The predicted molar refractivity (Wildman–Crippen MR) is 92.9 cm³/mol. The monoisotopic (exact) mass is 369 g/mol. The van der Waals surface area contributed by atoms with Crippen LogP contribution in [0.1, 0.15) is 18.5 Å². The van der Waals surface area contributed by atoms with E-state index >= 15 is 0 Å². The van der Waals surface area contributed by atoms with Crippen LogP contribution >= 0.6 is 0 Å². The lowest BCUT2D eigenvalue weighted by atomic mass is 9.89. The van der Waals surface area contributed by atoms with E-state index in [1.54, 1.807) is 32.0 Å². The standard InChI is InChI=1S/C17H24FN3O3S/c1-4-25(23,24)20-9-13-10-21(17(22)19(2)3)16(15(13)11-20)12-6-5-7-14(18)8-12/h5-8,13,15-16H,4,9-11H2,1-3H3/t13-,15-,16-/m1/s1. The van der Waals surface area contributed by atoms with Crippen LogP contribution in [0.2, 0.25) is 0 Å². The molecular formula is C17H24FN3O3S. The first-order chi connectivity index (χ1) is 11.7. The highest BCUT2D eigenvalue weighted by Gasteiger charge is 2.51. The highest BCUT2D eigenvalue weighted by Crippen LogP contribution is 2.46. The normalized spacial score (nSPS) is 26.7. The third kappa shape index (κ3) is 3.25. The number of benzene rings is 1. The number of halogens is 1. The minimum atomic E-state index is -3.26. The van der Waals surface area contributed by atoms with E-state index in [1.165, 1.54) is 21.3 Å². The molecule has 3 rings (SSSR count). The van der Waals surface area contributed by atoms with E-state index in [2.05, 4.69) is 0 Å². The lowest BCUT2D eigenvalue weighted by Gasteiger charge is -2.31. The first kappa shape index (κ1) is 18.1. The summed E-state index contributed by atoms with van der Waals surface area (Å²) in [6.07, 6.45) is 0. The lowest BCUT2D eigenvalue weighted by Crippen LogP contribution is -2.42. The fourth-order valence-electron chi connectivity index (χ4n) is 3.99. The molecule has 2 aliphatic rings. The minimum absolute atomic E-state index is 0.0213. The SMILES string of the molecule is CCS(=O)(=O)N1C[C@@H]2CN(C(=O)N(C)C)[C@H](c3cccc(F)c3)[C@@H]2C1. The molecule has 6 nitrogen and oxygen atoms in total. The van der Waals surface area contributed by atoms with Gasteiger partial charge in [0.05, 0.1) is 11.8 Å². The Labute approximate surface area is 148 Å². The molecule has 1 aromatic carbocycles. The number of nitrogens with zero attached hydrogens (tertiary/aromatic N) is 3. The van der Waals surface area contributed by atoms with Gasteiger partial charge in [-0.05, 0) is 30.5 Å². The van der Waals surface area contributed by atoms with Crippen molar-refractivity contribution in [1.82, 2.24) is 14.1 Å². The fraction of sp³-hybridized carbons (Fsp3) is 0.588. The zero-order chi connectivity index (χ0) is 18.4. The number of carbonyl (C=O) groups excluding carboxylic acids is 1. The highest BCUT2D eigenvalue weighted by molar-refractivity contribution is 7.89. The van der Waals surface area contributed by atoms with Crippen LogP contribution in [0.4, 0.5) is 9.18 Å². The molecule has 25 heavy (non-hydrogen) atoms. The Morgan fingerprint density at radius 3 is 2.60 bits per heavy atom. The quantitative estimate of drug-likeness (QED) is 0.816. The number of hydrogen-bond acceptors (Lipinski definition) is 3. The predicted octanol–water partition coefficient (Wildman–Crippen LogP) is 1.76. The number of amides is 2. The molecule has 0 unspecified atom stereocenters. The third-order valence-electron chi connectivity index (χ3n) is 5.21. The molecule has 0 aliphatic carbocycles. The van der Waals surface area contributed by atoms with Crippen molar-refractivity contribution in [2.45, 2.75) is 13.0 Å². The second-order valence-electron chi connectivity index (χ2n) is 6.97. The van der Waals surface area contributed by atoms with Gasteiger partial charge in [0.2, 0.25) is 10.0 Å². The molecule has 0 N–H and O–H groups in total. The molecular weight excluding hydrogens is 345 g/mol. The van der Waals surface area contributed by atoms with Gasteiger partial charge in [0.15, 0.2) is 0 Å². The van der Waals surface area contributed by atoms with Gasteiger partial charge in [-0.15, -0.1) is 0 Å². The van der Waals surface area contributed by atoms with Gasteiger partial charge < -0.3 is 9.80 Å². The van der Waals surface area contributed by atoms with Crippen LogP contribution in [0.5, 0.6) is 0 Å². The van der Waals surface area contributed by atoms with Crippen molar-refractivity contribution < 1.29 is 17.6 Å². The van der Waals surface area contributed by atoms with E-state index in [-0.39, 0.29) is 35.5 Å². The Morgan fingerprint density at radius 2 is 2.00 bits per heavy atom. The lowest BCUT2D eigenvalue weighted by molar-refractivity contribution is 0.157. The third-order valence-corrected chi connectivity index (χ3v) is 7.02. The van der Waals surface area contributed by atoms with Crippen LogP contribution in [0, 0.1) is 17.7 Å². The van der Waals surface area contributed by atoms with Gasteiger partial charge in [-0.3, -0.25) is 0 Å². The first-order valence-corrected chi connectivity index (χ1v) is 10.1. The average molecular weight is 369 g/mol. The summed E-state index contributed by atoms with van der Waals surface area (Å²) in [7, 11) is 0.112. The molecule has 0 aromatic heterocycles. The fourth-order valence-corrected chi connectivity index (χ4v) is 5.17. The van der Waals surface area contributed by atoms with Crippen LogP contribution in [-0.2, 0) is 10.0 Å². The Bertz CT molecular complexity index is 768. The first-order valence-electron chi connectivity index (χ1n) is 8.45. The number of urea groups is 1. The van der Waals surface area contributed by atoms with E-state index < -0.39 is 10.0 Å². The topological polar surface area (TPSA) is 60.9 Å². The number of carbonyl (C=O) groups is 1. The van der Waals surface area contributed by atoms with Crippen LogP contribution in [0.3, 0.4) is 0 Å². The van der Waals surface area contributed by atoms with E-state index in [0.717, 1.165) is 5.56 Å². The zero-order valence-corrected chi connectivity index (χ0v) is 15.5. The summed E-state index contributed by atoms with van der Waals surface area (Å²) in [5.74, 6) is -0.239.